The number of fused-ring (bicyclic) bond motifs is 1. The van der Waals surface area contributed by atoms with Gasteiger partial charge in [0.1, 0.15) is 6.33 Å². The second-order valence-electron chi connectivity index (χ2n) is 5.53. The minimum Gasteiger partial charge on any atom is -0.378 e. The summed E-state index contributed by atoms with van der Waals surface area (Å²) in [6.07, 6.45) is 1.63. The van der Waals surface area contributed by atoms with Gasteiger partial charge in [-0.05, 0) is 30.3 Å². The van der Waals surface area contributed by atoms with Crippen molar-refractivity contribution >= 4 is 32.5 Å². The molecule has 0 amide bonds. The van der Waals surface area contributed by atoms with Crippen LogP contribution in [0.4, 0.5) is 5.69 Å². The highest BCUT2D eigenvalue weighted by molar-refractivity contribution is 9.10. The summed E-state index contributed by atoms with van der Waals surface area (Å²) in [6, 6.07) is 14.6. The number of hydrogen-bond acceptors (Lipinski definition) is 4. The van der Waals surface area contributed by atoms with Crippen LogP contribution < -0.4 is 4.90 Å². The van der Waals surface area contributed by atoms with Gasteiger partial charge in [-0.2, -0.15) is 0 Å². The minimum absolute atomic E-state index is 0.785. The maximum absolute atomic E-state index is 5.44. The van der Waals surface area contributed by atoms with Gasteiger partial charge < -0.3 is 9.64 Å². The van der Waals surface area contributed by atoms with E-state index in [1.165, 1.54) is 5.69 Å². The quantitative estimate of drug-likeness (QED) is 0.686. The maximum atomic E-state index is 5.44. The molecule has 5 heteroatoms. The highest BCUT2D eigenvalue weighted by atomic mass is 79.9. The van der Waals surface area contributed by atoms with Crippen molar-refractivity contribution in [1.82, 2.24) is 9.97 Å². The number of aromatic nitrogens is 2. The van der Waals surface area contributed by atoms with Crippen LogP contribution in [-0.2, 0) is 4.74 Å². The Hall–Kier alpha value is -1.98. The third kappa shape index (κ3) is 2.94. The highest BCUT2D eigenvalue weighted by Crippen LogP contribution is 2.30. The van der Waals surface area contributed by atoms with Crippen LogP contribution in [0.15, 0.2) is 53.3 Å². The Balaban J connectivity index is 1.80. The van der Waals surface area contributed by atoms with Crippen molar-refractivity contribution < 1.29 is 4.74 Å². The lowest BCUT2D eigenvalue weighted by Gasteiger charge is -2.29. The van der Waals surface area contributed by atoms with Crippen LogP contribution in [0.5, 0.6) is 0 Å². The first kappa shape index (κ1) is 14.6. The maximum Gasteiger partial charge on any atom is 0.116 e. The SMILES string of the molecule is Brc1ccc2ncnc(-c3cccc(N4CCOCC4)c3)c2c1. The first-order valence-corrected chi connectivity index (χ1v) is 8.44. The van der Waals surface area contributed by atoms with Crippen molar-refractivity contribution in [3.8, 4) is 11.3 Å². The molecule has 0 saturated carbocycles. The van der Waals surface area contributed by atoms with Gasteiger partial charge in [0, 0.05) is 34.2 Å². The number of morpholine rings is 1. The van der Waals surface area contributed by atoms with Gasteiger partial charge in [0.2, 0.25) is 0 Å². The van der Waals surface area contributed by atoms with Crippen LogP contribution in [0.2, 0.25) is 0 Å². The van der Waals surface area contributed by atoms with Crippen LogP contribution in [-0.4, -0.2) is 36.3 Å². The third-order valence-corrected chi connectivity index (χ3v) is 4.59. The number of ether oxygens (including phenoxy) is 1. The molecule has 0 bridgehead atoms. The smallest absolute Gasteiger partial charge is 0.116 e. The zero-order valence-corrected chi connectivity index (χ0v) is 14.2. The molecule has 23 heavy (non-hydrogen) atoms. The largest absolute Gasteiger partial charge is 0.378 e. The summed E-state index contributed by atoms with van der Waals surface area (Å²) in [5, 5.41) is 1.06. The monoisotopic (exact) mass is 369 g/mol. The number of benzene rings is 2. The van der Waals surface area contributed by atoms with E-state index in [4.69, 9.17) is 4.74 Å². The summed E-state index contributed by atoms with van der Waals surface area (Å²) in [5.41, 5.74) is 4.24. The van der Waals surface area contributed by atoms with Gasteiger partial charge in [-0.1, -0.05) is 28.1 Å². The standard InChI is InChI=1S/C18H16BrN3O/c19-14-4-5-17-16(11-14)18(21-12-20-17)13-2-1-3-15(10-13)22-6-8-23-9-7-22/h1-5,10-12H,6-9H2. The van der Waals surface area contributed by atoms with E-state index in [0.717, 1.165) is 52.9 Å². The molecule has 1 aliphatic heterocycles. The Morgan fingerprint density at radius 2 is 1.87 bits per heavy atom. The van der Waals surface area contributed by atoms with Crippen molar-refractivity contribution in [2.24, 2.45) is 0 Å². The summed E-state index contributed by atoms with van der Waals surface area (Å²) in [6.45, 7) is 3.43. The summed E-state index contributed by atoms with van der Waals surface area (Å²) in [5.74, 6) is 0. The Labute approximate surface area is 143 Å². The molecule has 0 spiro atoms. The Morgan fingerprint density at radius 3 is 2.74 bits per heavy atom. The van der Waals surface area contributed by atoms with Crippen LogP contribution >= 0.6 is 15.9 Å². The molecule has 116 valence electrons. The van der Waals surface area contributed by atoms with Gasteiger partial charge in [-0.15, -0.1) is 0 Å². The number of halogens is 1. The van der Waals surface area contributed by atoms with E-state index in [-0.39, 0.29) is 0 Å². The third-order valence-electron chi connectivity index (χ3n) is 4.09. The van der Waals surface area contributed by atoms with Crippen molar-refractivity contribution in [1.29, 1.82) is 0 Å². The molecule has 2 heterocycles. The molecule has 1 fully saturated rings. The van der Waals surface area contributed by atoms with Crippen molar-refractivity contribution in [2.45, 2.75) is 0 Å². The normalized spacial score (nSPS) is 15.1. The van der Waals surface area contributed by atoms with Gasteiger partial charge in [0.05, 0.1) is 24.4 Å². The summed E-state index contributed by atoms with van der Waals surface area (Å²) < 4.78 is 6.47. The first-order chi connectivity index (χ1) is 11.3. The summed E-state index contributed by atoms with van der Waals surface area (Å²) in [7, 11) is 0. The topological polar surface area (TPSA) is 38.2 Å². The Kier molecular flexibility index (Phi) is 3.97. The fourth-order valence-corrected chi connectivity index (χ4v) is 3.29. The lowest BCUT2D eigenvalue weighted by Crippen LogP contribution is -2.36. The second kappa shape index (κ2) is 6.26. The first-order valence-electron chi connectivity index (χ1n) is 7.65. The second-order valence-corrected chi connectivity index (χ2v) is 6.45. The van der Waals surface area contributed by atoms with Crippen LogP contribution in [0.1, 0.15) is 0 Å². The minimum atomic E-state index is 0.785. The van der Waals surface area contributed by atoms with E-state index in [1.807, 2.05) is 12.1 Å². The molecular formula is C18H16BrN3O. The predicted molar refractivity (Wildman–Crippen MR) is 95.7 cm³/mol. The molecule has 3 aromatic rings. The summed E-state index contributed by atoms with van der Waals surface area (Å²) in [4.78, 5) is 11.2. The van der Waals surface area contributed by atoms with E-state index in [9.17, 15) is 0 Å². The number of nitrogens with zero attached hydrogens (tertiary/aromatic N) is 3. The van der Waals surface area contributed by atoms with E-state index in [1.54, 1.807) is 6.33 Å². The highest BCUT2D eigenvalue weighted by Gasteiger charge is 2.13. The van der Waals surface area contributed by atoms with Crippen LogP contribution in [0, 0.1) is 0 Å². The molecule has 2 aromatic carbocycles. The fourth-order valence-electron chi connectivity index (χ4n) is 2.93. The molecule has 0 N–H and O–H groups in total. The van der Waals surface area contributed by atoms with Crippen molar-refractivity contribution in [2.75, 3.05) is 31.2 Å². The van der Waals surface area contributed by atoms with Gasteiger partial charge in [-0.25, -0.2) is 9.97 Å². The van der Waals surface area contributed by atoms with Crippen molar-refractivity contribution in [3.05, 3.63) is 53.3 Å². The molecule has 4 rings (SSSR count). The average molecular weight is 370 g/mol. The summed E-state index contributed by atoms with van der Waals surface area (Å²) >= 11 is 3.54. The fraction of sp³-hybridized carbons (Fsp3) is 0.222. The molecule has 0 aliphatic carbocycles. The van der Waals surface area contributed by atoms with E-state index in [0.29, 0.717) is 0 Å². The van der Waals surface area contributed by atoms with Gasteiger partial charge in [-0.3, -0.25) is 0 Å². The van der Waals surface area contributed by atoms with Gasteiger partial charge >= 0.3 is 0 Å². The number of anilines is 1. The van der Waals surface area contributed by atoms with Gasteiger partial charge in [0.25, 0.3) is 0 Å². The molecule has 4 nitrogen and oxygen atoms in total. The van der Waals surface area contributed by atoms with E-state index >= 15 is 0 Å². The zero-order chi connectivity index (χ0) is 15.6. The lowest BCUT2D eigenvalue weighted by molar-refractivity contribution is 0.122. The van der Waals surface area contributed by atoms with Crippen LogP contribution in [0.3, 0.4) is 0 Å². The number of hydrogen-bond donors (Lipinski definition) is 0. The van der Waals surface area contributed by atoms with Crippen molar-refractivity contribution in [3.63, 3.8) is 0 Å². The zero-order valence-electron chi connectivity index (χ0n) is 12.6. The molecular weight excluding hydrogens is 354 g/mol. The molecule has 0 atom stereocenters. The average Bonchev–Trinajstić information content (AvgIpc) is 2.62. The Morgan fingerprint density at radius 1 is 1.00 bits per heavy atom. The molecule has 1 aromatic heterocycles. The van der Waals surface area contributed by atoms with E-state index in [2.05, 4.69) is 61.1 Å². The predicted octanol–water partition coefficient (Wildman–Crippen LogP) is 3.90. The molecule has 1 aliphatic rings. The van der Waals surface area contributed by atoms with Gasteiger partial charge in [0.15, 0.2) is 0 Å². The molecule has 0 unspecified atom stereocenters. The lowest BCUT2D eigenvalue weighted by atomic mass is 10.1. The molecule has 1 saturated heterocycles. The van der Waals surface area contributed by atoms with E-state index < -0.39 is 0 Å². The molecule has 0 radical (unpaired) electrons. The Bertz CT molecular complexity index is 847. The van der Waals surface area contributed by atoms with Crippen LogP contribution in [0.25, 0.3) is 22.2 Å². The number of rotatable bonds is 2.